The van der Waals surface area contributed by atoms with E-state index in [-0.39, 0.29) is 0 Å². The molecule has 0 amide bonds. The Bertz CT molecular complexity index is 392. The molecule has 2 rings (SSSR count). The van der Waals surface area contributed by atoms with Gasteiger partial charge in [-0.3, -0.25) is 0 Å². The molecule has 1 fully saturated rings. The Kier molecular flexibility index (Phi) is 4.05. The third-order valence-corrected chi connectivity index (χ3v) is 4.07. The normalized spacial score (nSPS) is 28.6. The minimum Gasteiger partial charge on any atom is -0.388 e. The molecular formula is C14H25N3O. The van der Waals surface area contributed by atoms with Crippen molar-refractivity contribution in [1.29, 1.82) is 0 Å². The molecule has 0 saturated heterocycles. The minimum atomic E-state index is -0.574. The molecule has 1 heterocycles. The van der Waals surface area contributed by atoms with Crippen LogP contribution >= 0.6 is 0 Å². The quantitative estimate of drug-likeness (QED) is 0.893. The fourth-order valence-electron chi connectivity index (χ4n) is 2.70. The van der Waals surface area contributed by atoms with Crippen molar-refractivity contribution < 1.29 is 5.11 Å². The first-order valence-corrected chi connectivity index (χ1v) is 7.21. The van der Waals surface area contributed by atoms with Gasteiger partial charge in [0, 0.05) is 12.8 Å². The molecule has 4 nitrogen and oxygen atoms in total. The van der Waals surface area contributed by atoms with Crippen LogP contribution < -0.4 is 0 Å². The van der Waals surface area contributed by atoms with E-state index in [4.69, 9.17) is 0 Å². The lowest BCUT2D eigenvalue weighted by molar-refractivity contribution is -0.0251. The Morgan fingerprint density at radius 3 is 2.50 bits per heavy atom. The van der Waals surface area contributed by atoms with Crippen molar-refractivity contribution >= 4 is 0 Å². The van der Waals surface area contributed by atoms with Gasteiger partial charge in [-0.2, -0.15) is 5.10 Å². The summed E-state index contributed by atoms with van der Waals surface area (Å²) in [5.41, 5.74) is -0.574. The second-order valence-corrected chi connectivity index (χ2v) is 5.72. The number of aryl methyl sites for hydroxylation is 2. The number of nitrogens with zero attached hydrogens (tertiary/aromatic N) is 3. The van der Waals surface area contributed by atoms with E-state index >= 15 is 0 Å². The van der Waals surface area contributed by atoms with Crippen LogP contribution in [0.15, 0.2) is 0 Å². The molecule has 1 saturated carbocycles. The second kappa shape index (κ2) is 5.39. The predicted molar refractivity (Wildman–Crippen MR) is 71.4 cm³/mol. The summed E-state index contributed by atoms with van der Waals surface area (Å²) in [6.45, 7) is 7.03. The molecule has 4 heteroatoms. The van der Waals surface area contributed by atoms with E-state index in [0.717, 1.165) is 56.1 Å². The van der Waals surface area contributed by atoms with Crippen LogP contribution in [0.4, 0.5) is 0 Å². The predicted octanol–water partition coefficient (Wildman–Crippen LogP) is 2.34. The van der Waals surface area contributed by atoms with E-state index in [2.05, 4.69) is 30.9 Å². The van der Waals surface area contributed by atoms with E-state index < -0.39 is 5.60 Å². The van der Waals surface area contributed by atoms with Crippen molar-refractivity contribution in [2.75, 3.05) is 0 Å². The maximum atomic E-state index is 10.7. The Morgan fingerprint density at radius 2 is 1.94 bits per heavy atom. The van der Waals surface area contributed by atoms with Gasteiger partial charge in [-0.25, -0.2) is 9.67 Å². The van der Waals surface area contributed by atoms with Crippen molar-refractivity contribution in [1.82, 2.24) is 14.8 Å². The number of rotatable bonds is 4. The molecule has 0 radical (unpaired) electrons. The molecule has 0 spiro atoms. The van der Waals surface area contributed by atoms with Crippen LogP contribution in [-0.2, 0) is 19.4 Å². The van der Waals surface area contributed by atoms with Crippen LogP contribution in [0.5, 0.6) is 0 Å². The highest BCUT2D eigenvalue weighted by atomic mass is 16.3. The molecular weight excluding hydrogens is 226 g/mol. The number of aromatic nitrogens is 3. The van der Waals surface area contributed by atoms with Gasteiger partial charge in [0.05, 0.1) is 12.1 Å². The summed E-state index contributed by atoms with van der Waals surface area (Å²) in [5, 5.41) is 15.2. The Balaban J connectivity index is 2.10. The highest BCUT2D eigenvalue weighted by Gasteiger charge is 2.33. The summed E-state index contributed by atoms with van der Waals surface area (Å²) in [5.74, 6) is 2.64. The molecule has 1 aromatic rings. The standard InChI is InChI=1S/C14H25N3O/c1-4-12-15-13(5-2)17(16-12)10-14(18)8-6-11(3)7-9-14/h11,18H,4-10H2,1-3H3. The number of hydrogen-bond donors (Lipinski definition) is 1. The van der Waals surface area contributed by atoms with Gasteiger partial charge >= 0.3 is 0 Å². The minimum absolute atomic E-state index is 0.574. The summed E-state index contributed by atoms with van der Waals surface area (Å²) in [6, 6.07) is 0. The lowest BCUT2D eigenvalue weighted by Crippen LogP contribution is -2.38. The Hall–Kier alpha value is -0.900. The first kappa shape index (κ1) is 13.5. The first-order chi connectivity index (χ1) is 8.56. The van der Waals surface area contributed by atoms with Gasteiger partial charge in [-0.15, -0.1) is 0 Å². The zero-order chi connectivity index (χ0) is 13.2. The average Bonchev–Trinajstić information content (AvgIpc) is 2.75. The lowest BCUT2D eigenvalue weighted by atomic mass is 9.79. The van der Waals surface area contributed by atoms with E-state index in [1.54, 1.807) is 0 Å². The monoisotopic (exact) mass is 251 g/mol. The molecule has 0 bridgehead atoms. The third-order valence-electron chi connectivity index (χ3n) is 4.07. The summed E-state index contributed by atoms with van der Waals surface area (Å²) >= 11 is 0. The summed E-state index contributed by atoms with van der Waals surface area (Å²) in [4.78, 5) is 4.50. The number of aliphatic hydroxyl groups is 1. The van der Waals surface area contributed by atoms with Crippen molar-refractivity contribution in [2.24, 2.45) is 5.92 Å². The lowest BCUT2D eigenvalue weighted by Gasteiger charge is -2.34. The molecule has 0 unspecified atom stereocenters. The van der Waals surface area contributed by atoms with Gasteiger partial charge in [-0.05, 0) is 31.6 Å². The highest BCUT2D eigenvalue weighted by molar-refractivity contribution is 4.95. The van der Waals surface area contributed by atoms with Crippen LogP contribution in [0, 0.1) is 5.92 Å². The molecule has 0 aliphatic heterocycles. The van der Waals surface area contributed by atoms with Crippen LogP contribution in [0.1, 0.15) is 58.1 Å². The van der Waals surface area contributed by atoms with Crippen molar-refractivity contribution in [3.8, 4) is 0 Å². The maximum Gasteiger partial charge on any atom is 0.150 e. The molecule has 18 heavy (non-hydrogen) atoms. The van der Waals surface area contributed by atoms with Gasteiger partial charge in [-0.1, -0.05) is 20.8 Å². The molecule has 102 valence electrons. The second-order valence-electron chi connectivity index (χ2n) is 5.72. The fourth-order valence-corrected chi connectivity index (χ4v) is 2.70. The largest absolute Gasteiger partial charge is 0.388 e. The topological polar surface area (TPSA) is 50.9 Å². The van der Waals surface area contributed by atoms with Crippen molar-refractivity contribution in [3.05, 3.63) is 11.6 Å². The Morgan fingerprint density at radius 1 is 1.28 bits per heavy atom. The summed E-state index contributed by atoms with van der Waals surface area (Å²) < 4.78 is 1.93. The third kappa shape index (κ3) is 2.91. The first-order valence-electron chi connectivity index (χ1n) is 7.21. The van der Waals surface area contributed by atoms with Crippen LogP contribution in [0.3, 0.4) is 0 Å². The van der Waals surface area contributed by atoms with Gasteiger partial charge in [0.15, 0.2) is 5.82 Å². The maximum absolute atomic E-state index is 10.7. The Labute approximate surface area is 109 Å². The number of hydrogen-bond acceptors (Lipinski definition) is 3. The van der Waals surface area contributed by atoms with Gasteiger partial charge in [0.25, 0.3) is 0 Å². The summed E-state index contributed by atoms with van der Waals surface area (Å²) in [7, 11) is 0. The average molecular weight is 251 g/mol. The molecule has 1 N–H and O–H groups in total. The van der Waals surface area contributed by atoms with Crippen molar-refractivity contribution in [3.63, 3.8) is 0 Å². The van der Waals surface area contributed by atoms with Crippen LogP contribution in [0.2, 0.25) is 0 Å². The molecule has 1 aromatic heterocycles. The van der Waals surface area contributed by atoms with Crippen LogP contribution in [-0.4, -0.2) is 25.5 Å². The van der Waals surface area contributed by atoms with Gasteiger partial charge < -0.3 is 5.11 Å². The molecule has 1 aliphatic rings. The SMILES string of the molecule is CCc1nc(CC)n(CC2(O)CCC(C)CC2)n1. The van der Waals surface area contributed by atoms with Crippen molar-refractivity contribution in [2.45, 2.75) is 71.4 Å². The fraction of sp³-hybridized carbons (Fsp3) is 0.857. The highest BCUT2D eigenvalue weighted by Crippen LogP contribution is 2.33. The van der Waals surface area contributed by atoms with E-state index in [0.29, 0.717) is 6.54 Å². The van der Waals surface area contributed by atoms with E-state index in [1.807, 2.05) is 4.68 Å². The van der Waals surface area contributed by atoms with Gasteiger partial charge in [0.2, 0.25) is 0 Å². The van der Waals surface area contributed by atoms with E-state index in [1.165, 1.54) is 0 Å². The zero-order valence-electron chi connectivity index (χ0n) is 11.8. The zero-order valence-corrected chi connectivity index (χ0v) is 11.8. The van der Waals surface area contributed by atoms with Crippen LogP contribution in [0.25, 0.3) is 0 Å². The molecule has 0 aromatic carbocycles. The smallest absolute Gasteiger partial charge is 0.150 e. The van der Waals surface area contributed by atoms with Gasteiger partial charge in [0.1, 0.15) is 5.82 Å². The summed E-state index contributed by atoms with van der Waals surface area (Å²) in [6.07, 6.45) is 5.74. The molecule has 1 aliphatic carbocycles. The van der Waals surface area contributed by atoms with E-state index in [9.17, 15) is 5.11 Å². The molecule has 0 atom stereocenters.